The third-order valence-corrected chi connectivity index (χ3v) is 5.85. The summed E-state index contributed by atoms with van der Waals surface area (Å²) in [5.41, 5.74) is 1.57. The number of aromatic nitrogens is 2. The number of nitrogens with one attached hydrogen (secondary N) is 1. The van der Waals surface area contributed by atoms with Crippen LogP contribution in [0.25, 0.3) is 10.9 Å². The molecule has 3 aromatic rings. The topological polar surface area (TPSA) is 45.8 Å². The molecular formula is C12H6Br2N2OS. The van der Waals surface area contributed by atoms with Crippen LogP contribution in [0, 0.1) is 0 Å². The zero-order valence-electron chi connectivity index (χ0n) is 8.91. The summed E-state index contributed by atoms with van der Waals surface area (Å²) in [4.78, 5) is 20.2. The molecule has 0 aliphatic rings. The van der Waals surface area contributed by atoms with Gasteiger partial charge in [-0.3, -0.25) is 9.78 Å². The van der Waals surface area contributed by atoms with Crippen molar-refractivity contribution in [2.24, 2.45) is 0 Å². The highest BCUT2D eigenvalue weighted by atomic mass is 79.9. The van der Waals surface area contributed by atoms with Gasteiger partial charge in [0.1, 0.15) is 0 Å². The van der Waals surface area contributed by atoms with Crippen LogP contribution in [-0.4, -0.2) is 15.8 Å². The number of hydrogen-bond acceptors (Lipinski definition) is 3. The van der Waals surface area contributed by atoms with E-state index in [1.807, 2.05) is 12.1 Å². The van der Waals surface area contributed by atoms with Gasteiger partial charge < -0.3 is 4.98 Å². The van der Waals surface area contributed by atoms with Gasteiger partial charge in [-0.25, -0.2) is 0 Å². The number of ketones is 1. The highest BCUT2D eigenvalue weighted by Gasteiger charge is 2.17. The maximum Gasteiger partial charge on any atom is 0.205 e. The van der Waals surface area contributed by atoms with Crippen molar-refractivity contribution in [1.29, 1.82) is 0 Å². The fraction of sp³-hybridized carbons (Fsp3) is 0. The minimum absolute atomic E-state index is 0.00523. The van der Waals surface area contributed by atoms with Gasteiger partial charge >= 0.3 is 0 Å². The van der Waals surface area contributed by atoms with Crippen LogP contribution in [-0.2, 0) is 0 Å². The lowest BCUT2D eigenvalue weighted by atomic mass is 10.1. The van der Waals surface area contributed by atoms with Crippen molar-refractivity contribution >= 4 is 59.9 Å². The molecule has 0 bridgehead atoms. The number of carbonyl (C=O) groups is 1. The second-order valence-electron chi connectivity index (χ2n) is 3.69. The summed E-state index contributed by atoms with van der Waals surface area (Å²) in [5, 5.41) is 0.850. The molecule has 0 unspecified atom stereocenters. The van der Waals surface area contributed by atoms with E-state index in [2.05, 4.69) is 41.8 Å². The quantitative estimate of drug-likeness (QED) is 0.665. The van der Waals surface area contributed by atoms with Gasteiger partial charge in [-0.05, 0) is 44.0 Å². The van der Waals surface area contributed by atoms with Crippen LogP contribution in [0.2, 0.25) is 0 Å². The molecule has 90 valence electrons. The maximum absolute atomic E-state index is 12.4. The standard InChI is InChI=1S/C12H6Br2N2OS/c13-8-3-10(18-12(8)14)11(17)7-5-16-9-1-2-15-4-6(7)9/h1-5,16H. The summed E-state index contributed by atoms with van der Waals surface area (Å²) < 4.78 is 1.82. The van der Waals surface area contributed by atoms with Crippen molar-refractivity contribution in [1.82, 2.24) is 9.97 Å². The molecule has 3 nitrogen and oxygen atoms in total. The molecule has 0 radical (unpaired) electrons. The molecule has 0 amide bonds. The van der Waals surface area contributed by atoms with Crippen LogP contribution >= 0.6 is 43.2 Å². The molecule has 1 N–H and O–H groups in total. The van der Waals surface area contributed by atoms with E-state index in [0.29, 0.717) is 10.4 Å². The summed E-state index contributed by atoms with van der Waals surface area (Å²) in [5.74, 6) is 0.00523. The average Bonchev–Trinajstić information content (AvgIpc) is 2.93. The van der Waals surface area contributed by atoms with Crippen molar-refractivity contribution < 1.29 is 4.79 Å². The number of carbonyl (C=O) groups excluding carboxylic acids is 1. The lowest BCUT2D eigenvalue weighted by molar-refractivity contribution is 0.104. The number of fused-ring (bicyclic) bond motifs is 1. The summed E-state index contributed by atoms with van der Waals surface area (Å²) in [7, 11) is 0. The Hall–Kier alpha value is -0.980. The number of pyridine rings is 1. The Kier molecular flexibility index (Phi) is 3.09. The summed E-state index contributed by atoms with van der Waals surface area (Å²) in [6, 6.07) is 3.68. The number of hydrogen-bond donors (Lipinski definition) is 1. The first-order valence-electron chi connectivity index (χ1n) is 5.07. The Morgan fingerprint density at radius 1 is 1.39 bits per heavy atom. The Bertz CT molecular complexity index is 728. The summed E-state index contributed by atoms with van der Waals surface area (Å²) in [6.07, 6.45) is 5.14. The van der Waals surface area contributed by atoms with E-state index in [-0.39, 0.29) is 5.78 Å². The van der Waals surface area contributed by atoms with E-state index in [9.17, 15) is 4.79 Å². The van der Waals surface area contributed by atoms with Gasteiger partial charge in [0.2, 0.25) is 5.78 Å². The van der Waals surface area contributed by atoms with Crippen molar-refractivity contribution in [3.63, 3.8) is 0 Å². The fourth-order valence-electron chi connectivity index (χ4n) is 1.74. The molecule has 0 saturated carbocycles. The first kappa shape index (κ1) is 12.1. The van der Waals surface area contributed by atoms with Crippen LogP contribution in [0.1, 0.15) is 15.2 Å². The summed E-state index contributed by atoms with van der Waals surface area (Å²) in [6.45, 7) is 0. The predicted octanol–water partition coefficient (Wildman–Crippen LogP) is 4.38. The van der Waals surface area contributed by atoms with Crippen LogP contribution in [0.3, 0.4) is 0 Å². The molecule has 0 atom stereocenters. The molecule has 3 heterocycles. The number of H-pyrrole nitrogens is 1. The molecule has 18 heavy (non-hydrogen) atoms. The summed E-state index contributed by atoms with van der Waals surface area (Å²) >= 11 is 8.20. The zero-order valence-corrected chi connectivity index (χ0v) is 12.9. The Morgan fingerprint density at radius 2 is 2.22 bits per heavy atom. The second kappa shape index (κ2) is 4.60. The number of nitrogens with zero attached hydrogens (tertiary/aromatic N) is 1. The fourth-order valence-corrected chi connectivity index (χ4v) is 3.73. The number of aromatic amines is 1. The monoisotopic (exact) mass is 384 g/mol. The molecule has 0 saturated heterocycles. The van der Waals surface area contributed by atoms with Gasteiger partial charge in [0.25, 0.3) is 0 Å². The van der Waals surface area contributed by atoms with E-state index in [4.69, 9.17) is 0 Å². The van der Waals surface area contributed by atoms with Gasteiger partial charge in [-0.15, -0.1) is 11.3 Å². The molecule has 0 aliphatic carbocycles. The molecule has 3 rings (SSSR count). The van der Waals surface area contributed by atoms with E-state index in [0.717, 1.165) is 19.2 Å². The van der Waals surface area contributed by atoms with Crippen molar-refractivity contribution in [3.8, 4) is 0 Å². The Labute approximate surface area is 124 Å². The van der Waals surface area contributed by atoms with Gasteiger partial charge in [-0.1, -0.05) is 0 Å². The molecule has 3 aromatic heterocycles. The SMILES string of the molecule is O=C(c1cc(Br)c(Br)s1)c1c[nH]c2ccncc12. The second-order valence-corrected chi connectivity index (χ2v) is 6.91. The third-order valence-electron chi connectivity index (χ3n) is 2.60. The van der Waals surface area contributed by atoms with Gasteiger partial charge in [-0.2, -0.15) is 0 Å². The molecule has 0 aliphatic heterocycles. The first-order chi connectivity index (χ1) is 8.66. The average molecular weight is 386 g/mol. The van der Waals surface area contributed by atoms with Gasteiger partial charge in [0, 0.05) is 34.0 Å². The minimum atomic E-state index is 0.00523. The smallest absolute Gasteiger partial charge is 0.205 e. The van der Waals surface area contributed by atoms with Crippen LogP contribution in [0.5, 0.6) is 0 Å². The van der Waals surface area contributed by atoms with E-state index >= 15 is 0 Å². The van der Waals surface area contributed by atoms with E-state index in [1.165, 1.54) is 11.3 Å². The highest BCUT2D eigenvalue weighted by Crippen LogP contribution is 2.34. The van der Waals surface area contributed by atoms with Gasteiger partial charge in [0.15, 0.2) is 0 Å². The van der Waals surface area contributed by atoms with Crippen molar-refractivity contribution in [3.05, 3.63) is 49.4 Å². The number of halogens is 2. The first-order valence-corrected chi connectivity index (χ1v) is 7.47. The third kappa shape index (κ3) is 1.94. The molecule has 0 fully saturated rings. The number of rotatable bonds is 2. The lowest BCUT2D eigenvalue weighted by Gasteiger charge is -1.94. The molecule has 6 heteroatoms. The lowest BCUT2D eigenvalue weighted by Crippen LogP contribution is -1.96. The van der Waals surface area contributed by atoms with E-state index in [1.54, 1.807) is 18.6 Å². The normalized spacial score (nSPS) is 11.0. The van der Waals surface area contributed by atoms with Crippen LogP contribution < -0.4 is 0 Å². The van der Waals surface area contributed by atoms with E-state index < -0.39 is 0 Å². The zero-order chi connectivity index (χ0) is 12.7. The Balaban J connectivity index is 2.12. The predicted molar refractivity (Wildman–Crippen MR) is 79.2 cm³/mol. The minimum Gasteiger partial charge on any atom is -0.360 e. The highest BCUT2D eigenvalue weighted by molar-refractivity contribution is 9.13. The Morgan fingerprint density at radius 3 is 2.94 bits per heavy atom. The molecular weight excluding hydrogens is 380 g/mol. The number of thiophene rings is 1. The molecule has 0 spiro atoms. The van der Waals surface area contributed by atoms with Gasteiger partial charge in [0.05, 0.1) is 14.2 Å². The molecule has 0 aromatic carbocycles. The maximum atomic E-state index is 12.4. The van der Waals surface area contributed by atoms with Crippen molar-refractivity contribution in [2.45, 2.75) is 0 Å². The largest absolute Gasteiger partial charge is 0.360 e. The van der Waals surface area contributed by atoms with Crippen LogP contribution in [0.4, 0.5) is 0 Å². The van der Waals surface area contributed by atoms with Crippen LogP contribution in [0.15, 0.2) is 39.0 Å². The van der Waals surface area contributed by atoms with Crippen molar-refractivity contribution in [2.75, 3.05) is 0 Å².